The Kier molecular flexibility index (Phi) is 4.73. The smallest absolute Gasteiger partial charge is 0.159 e. The van der Waals surface area contributed by atoms with E-state index in [2.05, 4.69) is 15.9 Å². The lowest BCUT2D eigenvalue weighted by molar-refractivity contribution is 0.408. The molecule has 2 rings (SSSR count). The van der Waals surface area contributed by atoms with Crippen molar-refractivity contribution in [1.82, 2.24) is 0 Å². The molecule has 0 saturated carbocycles. The zero-order valence-corrected chi connectivity index (χ0v) is 12.5. The molecule has 0 aliphatic carbocycles. The molecule has 0 spiro atoms. The second-order valence-electron chi connectivity index (χ2n) is 4.44. The molecule has 0 amide bonds. The zero-order chi connectivity index (χ0) is 14.7. The minimum atomic E-state index is -0.890. The SMILES string of the molecule is COc1ccc(Br)cc1CC(N)c1ccc(F)c(F)c1. The Labute approximate surface area is 124 Å². The lowest BCUT2D eigenvalue weighted by Crippen LogP contribution is -2.14. The van der Waals surface area contributed by atoms with E-state index in [4.69, 9.17) is 10.5 Å². The average molecular weight is 342 g/mol. The number of nitrogens with two attached hydrogens (primary N) is 1. The van der Waals surface area contributed by atoms with Crippen LogP contribution >= 0.6 is 15.9 Å². The Morgan fingerprint density at radius 2 is 1.90 bits per heavy atom. The summed E-state index contributed by atoms with van der Waals surface area (Å²) in [6.45, 7) is 0. The zero-order valence-electron chi connectivity index (χ0n) is 10.9. The number of rotatable bonds is 4. The van der Waals surface area contributed by atoms with Crippen LogP contribution in [0.3, 0.4) is 0 Å². The summed E-state index contributed by atoms with van der Waals surface area (Å²) in [7, 11) is 1.58. The van der Waals surface area contributed by atoms with Crippen LogP contribution in [0.25, 0.3) is 0 Å². The monoisotopic (exact) mass is 341 g/mol. The van der Waals surface area contributed by atoms with Crippen molar-refractivity contribution in [3.8, 4) is 5.75 Å². The third-order valence-corrected chi connectivity index (χ3v) is 3.55. The second kappa shape index (κ2) is 6.33. The molecule has 0 aromatic heterocycles. The summed E-state index contributed by atoms with van der Waals surface area (Å²) in [4.78, 5) is 0. The van der Waals surface area contributed by atoms with Gasteiger partial charge in [-0.3, -0.25) is 0 Å². The molecule has 0 saturated heterocycles. The summed E-state index contributed by atoms with van der Waals surface area (Å²) in [6, 6.07) is 8.87. The highest BCUT2D eigenvalue weighted by molar-refractivity contribution is 9.10. The summed E-state index contributed by atoms with van der Waals surface area (Å²) >= 11 is 3.39. The fourth-order valence-corrected chi connectivity index (χ4v) is 2.41. The first-order valence-electron chi connectivity index (χ1n) is 6.04. The number of hydrogen-bond acceptors (Lipinski definition) is 2. The van der Waals surface area contributed by atoms with Crippen LogP contribution in [0.5, 0.6) is 5.75 Å². The normalized spacial score (nSPS) is 12.2. The van der Waals surface area contributed by atoms with E-state index in [1.807, 2.05) is 18.2 Å². The summed E-state index contributed by atoms with van der Waals surface area (Å²) in [5.74, 6) is -1.05. The molecule has 2 aromatic rings. The van der Waals surface area contributed by atoms with Gasteiger partial charge in [-0.05, 0) is 47.9 Å². The van der Waals surface area contributed by atoms with Gasteiger partial charge in [0.05, 0.1) is 7.11 Å². The standard InChI is InChI=1S/C15H14BrF2NO/c1-20-15-5-3-11(16)6-10(15)8-14(19)9-2-4-12(17)13(18)7-9/h2-7,14H,8,19H2,1H3. The van der Waals surface area contributed by atoms with Crippen LogP contribution in [0.2, 0.25) is 0 Å². The molecule has 2 aromatic carbocycles. The average Bonchev–Trinajstić information content (AvgIpc) is 2.42. The number of halogens is 3. The predicted octanol–water partition coefficient (Wildman–Crippen LogP) is 3.98. The fraction of sp³-hybridized carbons (Fsp3) is 0.200. The van der Waals surface area contributed by atoms with E-state index in [1.54, 1.807) is 7.11 Å². The van der Waals surface area contributed by atoms with Crippen LogP contribution < -0.4 is 10.5 Å². The van der Waals surface area contributed by atoms with Crippen molar-refractivity contribution < 1.29 is 13.5 Å². The molecular weight excluding hydrogens is 328 g/mol. The van der Waals surface area contributed by atoms with Gasteiger partial charge in [-0.2, -0.15) is 0 Å². The van der Waals surface area contributed by atoms with Crippen molar-refractivity contribution in [3.05, 3.63) is 63.6 Å². The number of hydrogen-bond donors (Lipinski definition) is 1. The maximum Gasteiger partial charge on any atom is 0.159 e. The van der Waals surface area contributed by atoms with Crippen molar-refractivity contribution in [1.29, 1.82) is 0 Å². The molecule has 0 heterocycles. The predicted molar refractivity (Wildman–Crippen MR) is 77.7 cm³/mol. The van der Waals surface area contributed by atoms with Crippen molar-refractivity contribution in [2.45, 2.75) is 12.5 Å². The Morgan fingerprint density at radius 3 is 2.55 bits per heavy atom. The lowest BCUT2D eigenvalue weighted by Gasteiger charge is -2.15. The number of ether oxygens (including phenoxy) is 1. The van der Waals surface area contributed by atoms with E-state index in [9.17, 15) is 8.78 Å². The summed E-state index contributed by atoms with van der Waals surface area (Å²) in [5.41, 5.74) is 7.51. The fourth-order valence-electron chi connectivity index (χ4n) is 2.00. The Hall–Kier alpha value is -1.46. The van der Waals surface area contributed by atoms with Crippen LogP contribution in [0, 0.1) is 11.6 Å². The van der Waals surface area contributed by atoms with Gasteiger partial charge >= 0.3 is 0 Å². The Bertz CT molecular complexity index is 619. The number of methoxy groups -OCH3 is 1. The van der Waals surface area contributed by atoms with E-state index >= 15 is 0 Å². The third-order valence-electron chi connectivity index (χ3n) is 3.05. The summed E-state index contributed by atoms with van der Waals surface area (Å²) in [5, 5.41) is 0. The second-order valence-corrected chi connectivity index (χ2v) is 5.36. The van der Waals surface area contributed by atoms with Crippen molar-refractivity contribution in [2.24, 2.45) is 5.73 Å². The van der Waals surface area contributed by atoms with Gasteiger partial charge in [0.2, 0.25) is 0 Å². The number of benzene rings is 2. The molecule has 1 unspecified atom stereocenters. The highest BCUT2D eigenvalue weighted by Crippen LogP contribution is 2.27. The van der Waals surface area contributed by atoms with Gasteiger partial charge in [-0.25, -0.2) is 8.78 Å². The van der Waals surface area contributed by atoms with E-state index in [0.29, 0.717) is 17.7 Å². The van der Waals surface area contributed by atoms with E-state index in [0.717, 1.165) is 22.2 Å². The Morgan fingerprint density at radius 1 is 1.15 bits per heavy atom. The van der Waals surface area contributed by atoms with Crippen molar-refractivity contribution in [2.75, 3.05) is 7.11 Å². The topological polar surface area (TPSA) is 35.2 Å². The molecule has 0 bridgehead atoms. The molecule has 20 heavy (non-hydrogen) atoms. The Balaban J connectivity index is 2.24. The molecule has 106 valence electrons. The lowest BCUT2D eigenvalue weighted by atomic mass is 9.99. The van der Waals surface area contributed by atoms with Gasteiger partial charge in [0.25, 0.3) is 0 Å². The third kappa shape index (κ3) is 3.35. The molecule has 0 fully saturated rings. The van der Waals surface area contributed by atoms with Crippen LogP contribution in [0.4, 0.5) is 8.78 Å². The largest absolute Gasteiger partial charge is 0.496 e. The van der Waals surface area contributed by atoms with Gasteiger partial charge < -0.3 is 10.5 Å². The quantitative estimate of drug-likeness (QED) is 0.912. The van der Waals surface area contributed by atoms with Gasteiger partial charge in [0, 0.05) is 10.5 Å². The molecule has 2 nitrogen and oxygen atoms in total. The summed E-state index contributed by atoms with van der Waals surface area (Å²) in [6.07, 6.45) is 0.466. The first-order chi connectivity index (χ1) is 9.51. The molecule has 5 heteroatoms. The van der Waals surface area contributed by atoms with Gasteiger partial charge in [0.15, 0.2) is 11.6 Å². The summed E-state index contributed by atoms with van der Waals surface area (Å²) < 4.78 is 32.3. The highest BCUT2D eigenvalue weighted by Gasteiger charge is 2.13. The molecule has 1 atom stereocenters. The highest BCUT2D eigenvalue weighted by atomic mass is 79.9. The van der Waals surface area contributed by atoms with Crippen molar-refractivity contribution >= 4 is 15.9 Å². The maximum atomic E-state index is 13.2. The minimum Gasteiger partial charge on any atom is -0.496 e. The molecule has 0 aliphatic rings. The van der Waals surface area contributed by atoms with Gasteiger partial charge in [-0.1, -0.05) is 22.0 Å². The van der Waals surface area contributed by atoms with Crippen LogP contribution in [-0.4, -0.2) is 7.11 Å². The molecule has 2 N–H and O–H groups in total. The van der Waals surface area contributed by atoms with Crippen LogP contribution in [-0.2, 0) is 6.42 Å². The van der Waals surface area contributed by atoms with Crippen molar-refractivity contribution in [3.63, 3.8) is 0 Å². The first-order valence-corrected chi connectivity index (χ1v) is 6.83. The maximum absolute atomic E-state index is 13.2. The molecule has 0 aliphatic heterocycles. The first kappa shape index (κ1) is 14.9. The minimum absolute atomic E-state index is 0.437. The molecular formula is C15H14BrF2NO. The van der Waals surface area contributed by atoms with E-state index in [1.165, 1.54) is 6.07 Å². The van der Waals surface area contributed by atoms with E-state index < -0.39 is 17.7 Å². The van der Waals surface area contributed by atoms with Gasteiger partial charge in [0.1, 0.15) is 5.75 Å². The van der Waals surface area contributed by atoms with E-state index in [-0.39, 0.29) is 0 Å². The van der Waals surface area contributed by atoms with Gasteiger partial charge in [-0.15, -0.1) is 0 Å². The van der Waals surface area contributed by atoms with Crippen LogP contribution in [0.1, 0.15) is 17.2 Å². The molecule has 0 radical (unpaired) electrons. The van der Waals surface area contributed by atoms with Crippen LogP contribution in [0.15, 0.2) is 40.9 Å².